The van der Waals surface area contributed by atoms with Crippen LogP contribution < -0.4 is 15.5 Å². The van der Waals surface area contributed by atoms with Gasteiger partial charge in [-0.25, -0.2) is 0 Å². The summed E-state index contributed by atoms with van der Waals surface area (Å²) in [6, 6.07) is 10.8. The molecule has 1 saturated carbocycles. The second kappa shape index (κ2) is 13.5. The van der Waals surface area contributed by atoms with E-state index in [2.05, 4.69) is 114 Å². The van der Waals surface area contributed by atoms with Gasteiger partial charge in [0.25, 0.3) is 5.24 Å². The highest BCUT2D eigenvalue weighted by molar-refractivity contribution is 7.96. The monoisotopic (exact) mass is 566 g/mol. The Bertz CT molecular complexity index is 1280. The third-order valence-electron chi connectivity index (χ3n) is 9.02. The lowest BCUT2D eigenvalue weighted by Gasteiger charge is -2.42. The second-order valence-corrected chi connectivity index (χ2v) is 13.3. The minimum absolute atomic E-state index is 0.0622. The maximum atomic E-state index is 12.8. The van der Waals surface area contributed by atoms with Crippen molar-refractivity contribution < 1.29 is 14.3 Å². The highest BCUT2D eigenvalue weighted by Crippen LogP contribution is 2.48. The number of thiol groups is 1. The minimum Gasteiger partial charge on any atom is -0.466 e. The number of carbonyl (C=O) groups is 2. The molecular weight excluding hydrogens is 516 g/mol. The maximum Gasteiger partial charge on any atom is 0.305 e. The van der Waals surface area contributed by atoms with E-state index in [0.717, 1.165) is 24.9 Å². The van der Waals surface area contributed by atoms with Crippen molar-refractivity contribution in [1.29, 1.82) is 0 Å². The normalized spacial score (nSPS) is 21.6. The molecule has 0 radical (unpaired) electrons. The van der Waals surface area contributed by atoms with Gasteiger partial charge in [-0.15, -0.1) is 0 Å². The molecule has 4 unspecified atom stereocenters. The van der Waals surface area contributed by atoms with Gasteiger partial charge in [-0.05, 0) is 97.1 Å². The molecule has 0 saturated heterocycles. The number of hydrogen-bond acceptors (Lipinski definition) is 3. The third kappa shape index (κ3) is 7.84. The van der Waals surface area contributed by atoms with Crippen molar-refractivity contribution in [3.8, 4) is 0 Å². The number of aromatic nitrogens is 1. The van der Waals surface area contributed by atoms with Crippen LogP contribution in [-0.4, -0.2) is 28.9 Å². The first-order chi connectivity index (χ1) is 18.8. The summed E-state index contributed by atoms with van der Waals surface area (Å²) in [5.74, 6) is 1.47. The molecule has 0 spiro atoms. The molecule has 2 aromatic rings. The van der Waals surface area contributed by atoms with Crippen LogP contribution in [0.1, 0.15) is 92.1 Å². The Morgan fingerprint density at radius 3 is 2.38 bits per heavy atom. The Kier molecular flexibility index (Phi) is 10.8. The van der Waals surface area contributed by atoms with Crippen molar-refractivity contribution in [3.63, 3.8) is 0 Å². The molecule has 40 heavy (non-hydrogen) atoms. The molecule has 1 aliphatic carbocycles. The highest BCUT2D eigenvalue weighted by Gasteiger charge is 2.38. The molecule has 1 heterocycles. The summed E-state index contributed by atoms with van der Waals surface area (Å²) in [5.41, 5.74) is 2.02. The number of aryl methyl sites for hydroxylation is 1. The summed E-state index contributed by atoms with van der Waals surface area (Å²) in [6.45, 7) is 16.1. The molecule has 3 rings (SSSR count). The van der Waals surface area contributed by atoms with Gasteiger partial charge in [-0.2, -0.15) is 0 Å². The van der Waals surface area contributed by atoms with Crippen LogP contribution in [-0.2, 0) is 16.6 Å². The standard InChI is InChI=1S/C34H50N2O3S/c1-9-30-26(17-19-35(30)8)21-28-24(4)20-29(28)25-12-14-27(15-13-25)36(32(38)40)23-34(7,10-2)22-33(5,6)18-16-31(37)39-11-3/h9,12-15,17,19,21,24,28-29H,10-11,16,18,20,22-23H2,1-8H3,(H,38,40)/b26-21-,30-9+. The van der Waals surface area contributed by atoms with Gasteiger partial charge in [0.2, 0.25) is 0 Å². The molecule has 1 amide bonds. The Hall–Kier alpha value is -2.47. The first kappa shape index (κ1) is 32.0. The Morgan fingerprint density at radius 1 is 1.15 bits per heavy atom. The smallest absolute Gasteiger partial charge is 0.305 e. The molecule has 220 valence electrons. The van der Waals surface area contributed by atoms with Crippen molar-refractivity contribution in [2.24, 2.45) is 29.7 Å². The summed E-state index contributed by atoms with van der Waals surface area (Å²) in [4.78, 5) is 26.5. The second-order valence-electron chi connectivity index (χ2n) is 12.9. The Balaban J connectivity index is 1.76. The lowest BCUT2D eigenvalue weighted by atomic mass is 9.63. The van der Waals surface area contributed by atoms with Crippen molar-refractivity contribution in [1.82, 2.24) is 4.57 Å². The van der Waals surface area contributed by atoms with Gasteiger partial charge >= 0.3 is 5.97 Å². The minimum atomic E-state index is -0.243. The van der Waals surface area contributed by atoms with E-state index in [0.29, 0.717) is 37.3 Å². The maximum absolute atomic E-state index is 12.8. The molecule has 5 nitrogen and oxygen atoms in total. The number of rotatable bonds is 12. The molecule has 0 aliphatic heterocycles. The highest BCUT2D eigenvalue weighted by atomic mass is 32.1. The number of nitrogens with zero attached hydrogens (tertiary/aromatic N) is 2. The van der Waals surface area contributed by atoms with E-state index in [4.69, 9.17) is 4.74 Å². The van der Waals surface area contributed by atoms with Crippen LogP contribution in [0.5, 0.6) is 0 Å². The van der Waals surface area contributed by atoms with E-state index < -0.39 is 0 Å². The number of anilines is 1. The van der Waals surface area contributed by atoms with E-state index in [-0.39, 0.29) is 22.0 Å². The first-order valence-electron chi connectivity index (χ1n) is 14.9. The van der Waals surface area contributed by atoms with Crippen LogP contribution in [0.4, 0.5) is 10.5 Å². The van der Waals surface area contributed by atoms with Crippen LogP contribution >= 0.6 is 12.6 Å². The van der Waals surface area contributed by atoms with Gasteiger partial charge in [0.1, 0.15) is 0 Å². The summed E-state index contributed by atoms with van der Waals surface area (Å²) in [5, 5.41) is 2.32. The molecule has 0 bridgehead atoms. The lowest BCUT2D eigenvalue weighted by molar-refractivity contribution is -0.143. The van der Waals surface area contributed by atoms with E-state index in [1.165, 1.54) is 22.6 Å². The summed E-state index contributed by atoms with van der Waals surface area (Å²) < 4.78 is 7.31. The number of amides is 1. The van der Waals surface area contributed by atoms with E-state index in [1.807, 2.05) is 6.92 Å². The fourth-order valence-corrected chi connectivity index (χ4v) is 6.78. The van der Waals surface area contributed by atoms with Crippen LogP contribution in [0, 0.1) is 22.7 Å². The van der Waals surface area contributed by atoms with Crippen LogP contribution in [0.2, 0.25) is 0 Å². The number of esters is 1. The average Bonchev–Trinajstić information content (AvgIpc) is 3.27. The van der Waals surface area contributed by atoms with Gasteiger partial charge in [-0.1, -0.05) is 71.5 Å². The molecule has 1 fully saturated rings. The summed E-state index contributed by atoms with van der Waals surface area (Å²) in [7, 11) is 2.09. The largest absolute Gasteiger partial charge is 0.466 e. The Morgan fingerprint density at radius 2 is 1.82 bits per heavy atom. The van der Waals surface area contributed by atoms with Gasteiger partial charge in [-0.3, -0.25) is 9.59 Å². The van der Waals surface area contributed by atoms with Gasteiger partial charge in [0, 0.05) is 37.2 Å². The van der Waals surface area contributed by atoms with Crippen molar-refractivity contribution in [2.45, 2.75) is 86.5 Å². The van der Waals surface area contributed by atoms with E-state index in [9.17, 15) is 9.59 Å². The fourth-order valence-electron chi connectivity index (χ4n) is 6.60. The van der Waals surface area contributed by atoms with E-state index in [1.54, 1.807) is 4.90 Å². The van der Waals surface area contributed by atoms with Crippen molar-refractivity contribution >= 4 is 41.7 Å². The molecule has 1 aliphatic rings. The predicted octanol–water partition coefficient (Wildman–Crippen LogP) is 7.08. The van der Waals surface area contributed by atoms with E-state index >= 15 is 0 Å². The number of ether oxygens (including phenoxy) is 1. The fraction of sp³-hybridized carbons (Fsp3) is 0.588. The zero-order valence-corrected chi connectivity index (χ0v) is 26.8. The molecule has 1 aromatic heterocycles. The predicted molar refractivity (Wildman–Crippen MR) is 170 cm³/mol. The van der Waals surface area contributed by atoms with Crippen molar-refractivity contribution in [3.05, 3.63) is 52.7 Å². The molecule has 6 heteroatoms. The molecular formula is C34H50N2O3S. The van der Waals surface area contributed by atoms with Crippen molar-refractivity contribution in [2.75, 3.05) is 18.1 Å². The third-order valence-corrected chi connectivity index (χ3v) is 9.26. The zero-order valence-electron chi connectivity index (χ0n) is 25.9. The number of hydrogen-bond donors (Lipinski definition) is 1. The molecule has 0 N–H and O–H groups in total. The van der Waals surface area contributed by atoms with Crippen LogP contribution in [0.15, 0.2) is 36.5 Å². The summed E-state index contributed by atoms with van der Waals surface area (Å²) >= 11 is 4.27. The first-order valence-corrected chi connectivity index (χ1v) is 15.3. The zero-order chi connectivity index (χ0) is 29.7. The Labute approximate surface area is 247 Å². The van der Waals surface area contributed by atoms with Gasteiger partial charge < -0.3 is 14.2 Å². The van der Waals surface area contributed by atoms with Crippen LogP contribution in [0.3, 0.4) is 0 Å². The average molecular weight is 567 g/mol. The lowest BCUT2D eigenvalue weighted by Crippen LogP contribution is -2.40. The van der Waals surface area contributed by atoms with Gasteiger partial charge in [0.15, 0.2) is 0 Å². The SMILES string of the molecule is C/C=c1\c(=C/C2C(C)CC2c2ccc(N(CC(C)(CC)CC(C)(C)CCC(=O)OCC)C(=O)S)cc2)ccn1C. The molecule has 1 aromatic carbocycles. The number of benzene rings is 1. The summed E-state index contributed by atoms with van der Waals surface area (Å²) in [6.07, 6.45) is 10.9. The van der Waals surface area contributed by atoms with Crippen LogP contribution in [0.25, 0.3) is 12.2 Å². The topological polar surface area (TPSA) is 51.5 Å². The number of carbonyl (C=O) groups excluding carboxylic acids is 2. The quantitative estimate of drug-likeness (QED) is 0.221. The molecule has 4 atom stereocenters. The van der Waals surface area contributed by atoms with Gasteiger partial charge in [0.05, 0.1) is 6.61 Å².